The number of nitrogens with zero attached hydrogens (tertiary/aromatic N) is 1. The molecular weight excluding hydrogens is 280 g/mol. The molecule has 0 fully saturated rings. The molecule has 4 rings (SSSR count). The zero-order valence-corrected chi connectivity index (χ0v) is 12.5. The first-order chi connectivity index (χ1) is 10.3. The van der Waals surface area contributed by atoms with Gasteiger partial charge in [-0.15, -0.1) is 0 Å². The van der Waals surface area contributed by atoms with E-state index in [2.05, 4.69) is 62.8 Å². The Kier molecular flexibility index (Phi) is 2.93. The highest BCUT2D eigenvalue weighted by Crippen LogP contribution is 2.19. The molecule has 3 heterocycles. The number of para-hydroxylation sites is 2. The van der Waals surface area contributed by atoms with E-state index >= 15 is 0 Å². The SMILES string of the molecule is Cc1cccc2[nH]c(CSc3[nH]c4ccccc4[nH+]3)c[n+]12. The molecule has 4 nitrogen and oxygen atoms in total. The van der Waals surface area contributed by atoms with Gasteiger partial charge >= 0.3 is 5.16 Å². The van der Waals surface area contributed by atoms with E-state index < -0.39 is 0 Å². The number of aromatic amines is 3. The number of aryl methyl sites for hydroxylation is 1. The van der Waals surface area contributed by atoms with Crippen molar-refractivity contribution in [1.82, 2.24) is 9.97 Å². The van der Waals surface area contributed by atoms with E-state index in [1.165, 1.54) is 11.4 Å². The topological polar surface area (TPSA) is 49.8 Å². The predicted octanol–water partition coefficient (Wildman–Crippen LogP) is 2.65. The van der Waals surface area contributed by atoms with Crippen LogP contribution in [0.25, 0.3) is 16.7 Å². The monoisotopic (exact) mass is 296 g/mol. The number of rotatable bonds is 3. The predicted molar refractivity (Wildman–Crippen MR) is 83.1 cm³/mol. The van der Waals surface area contributed by atoms with Gasteiger partial charge in [0.1, 0.15) is 11.9 Å². The molecule has 0 radical (unpaired) electrons. The van der Waals surface area contributed by atoms with E-state index in [1.807, 2.05) is 12.1 Å². The Labute approximate surface area is 126 Å². The molecule has 0 unspecified atom stereocenters. The Bertz CT molecular complexity index is 889. The number of aromatic nitrogens is 4. The molecule has 21 heavy (non-hydrogen) atoms. The van der Waals surface area contributed by atoms with Crippen molar-refractivity contribution >= 4 is 28.4 Å². The normalized spacial score (nSPS) is 11.5. The summed E-state index contributed by atoms with van der Waals surface area (Å²) in [6.07, 6.45) is 2.17. The molecule has 3 N–H and O–H groups in total. The summed E-state index contributed by atoms with van der Waals surface area (Å²) in [5.41, 5.74) is 5.86. The van der Waals surface area contributed by atoms with Crippen LogP contribution in [-0.4, -0.2) is 9.97 Å². The second-order valence-electron chi connectivity index (χ2n) is 5.12. The zero-order valence-electron chi connectivity index (χ0n) is 11.7. The molecule has 0 aliphatic heterocycles. The first kappa shape index (κ1) is 12.5. The summed E-state index contributed by atoms with van der Waals surface area (Å²) in [6, 6.07) is 14.5. The third-order valence-electron chi connectivity index (χ3n) is 3.60. The minimum Gasteiger partial charge on any atom is -0.240 e. The minimum atomic E-state index is 0.893. The van der Waals surface area contributed by atoms with Gasteiger partial charge in [-0.2, -0.15) is 0 Å². The van der Waals surface area contributed by atoms with Crippen molar-refractivity contribution in [2.24, 2.45) is 0 Å². The zero-order chi connectivity index (χ0) is 14.2. The average molecular weight is 296 g/mol. The summed E-state index contributed by atoms with van der Waals surface area (Å²) in [5.74, 6) is 0.893. The van der Waals surface area contributed by atoms with Gasteiger partial charge in [-0.1, -0.05) is 18.2 Å². The summed E-state index contributed by atoms with van der Waals surface area (Å²) in [5, 5.41) is 1.08. The number of hydrogen-bond acceptors (Lipinski definition) is 1. The molecule has 0 amide bonds. The molecule has 104 valence electrons. The van der Waals surface area contributed by atoms with E-state index in [9.17, 15) is 0 Å². The van der Waals surface area contributed by atoms with Gasteiger partial charge < -0.3 is 0 Å². The fourth-order valence-corrected chi connectivity index (χ4v) is 3.34. The van der Waals surface area contributed by atoms with E-state index in [0.717, 1.165) is 27.6 Å². The number of imidazole rings is 2. The Morgan fingerprint density at radius 3 is 2.86 bits per heavy atom. The van der Waals surface area contributed by atoms with Crippen LogP contribution in [-0.2, 0) is 5.75 Å². The lowest BCUT2D eigenvalue weighted by Crippen LogP contribution is -2.21. The number of benzene rings is 1. The lowest BCUT2D eigenvalue weighted by atomic mass is 10.3. The number of hydrogen-bond donors (Lipinski definition) is 2. The van der Waals surface area contributed by atoms with Gasteiger partial charge in [0.05, 0.1) is 5.75 Å². The third-order valence-corrected chi connectivity index (χ3v) is 4.55. The maximum Gasteiger partial charge on any atom is 0.314 e. The number of nitrogens with one attached hydrogen (secondary N) is 3. The van der Waals surface area contributed by atoms with Crippen LogP contribution in [0.3, 0.4) is 0 Å². The molecular formula is C16H16N4S+2. The van der Waals surface area contributed by atoms with Crippen LogP contribution in [0.4, 0.5) is 0 Å². The summed E-state index contributed by atoms with van der Waals surface area (Å²) >= 11 is 1.76. The van der Waals surface area contributed by atoms with E-state index in [-0.39, 0.29) is 0 Å². The lowest BCUT2D eigenvalue weighted by Gasteiger charge is -1.87. The largest absolute Gasteiger partial charge is 0.314 e. The highest BCUT2D eigenvalue weighted by molar-refractivity contribution is 7.98. The maximum absolute atomic E-state index is 3.45. The molecule has 0 aliphatic rings. The van der Waals surface area contributed by atoms with E-state index in [4.69, 9.17) is 0 Å². The summed E-state index contributed by atoms with van der Waals surface area (Å²) < 4.78 is 2.19. The molecule has 0 saturated carbocycles. The van der Waals surface area contributed by atoms with Crippen LogP contribution in [0.15, 0.2) is 53.8 Å². The molecule has 3 aromatic heterocycles. The van der Waals surface area contributed by atoms with Gasteiger partial charge in [-0.25, -0.2) is 19.4 Å². The minimum absolute atomic E-state index is 0.893. The van der Waals surface area contributed by atoms with Crippen LogP contribution in [0, 0.1) is 6.92 Å². The van der Waals surface area contributed by atoms with Gasteiger partial charge in [-0.05, 0) is 36.9 Å². The molecule has 0 saturated heterocycles. The van der Waals surface area contributed by atoms with Crippen LogP contribution in [0.5, 0.6) is 0 Å². The second kappa shape index (κ2) is 4.93. The van der Waals surface area contributed by atoms with Crippen LogP contribution >= 0.6 is 11.8 Å². The molecule has 0 bridgehead atoms. The molecule has 1 aromatic carbocycles. The number of H-pyrrole nitrogens is 3. The molecule has 0 spiro atoms. The molecule has 0 aliphatic carbocycles. The maximum atomic E-state index is 3.45. The van der Waals surface area contributed by atoms with Crippen molar-refractivity contribution < 1.29 is 9.38 Å². The van der Waals surface area contributed by atoms with Gasteiger partial charge in [0.25, 0.3) is 5.65 Å². The smallest absolute Gasteiger partial charge is 0.240 e. The van der Waals surface area contributed by atoms with Crippen LogP contribution < -0.4 is 9.38 Å². The van der Waals surface area contributed by atoms with Crippen molar-refractivity contribution in [3.05, 3.63) is 60.0 Å². The third kappa shape index (κ3) is 2.29. The van der Waals surface area contributed by atoms with Gasteiger partial charge in [0, 0.05) is 6.07 Å². The van der Waals surface area contributed by atoms with Crippen molar-refractivity contribution in [3.63, 3.8) is 0 Å². The Morgan fingerprint density at radius 1 is 1.10 bits per heavy atom. The Balaban J connectivity index is 1.58. The first-order valence-corrected chi connectivity index (χ1v) is 7.90. The molecule has 4 aromatic rings. The Hall–Kier alpha value is -2.27. The Morgan fingerprint density at radius 2 is 2.00 bits per heavy atom. The van der Waals surface area contributed by atoms with Gasteiger partial charge in [0.2, 0.25) is 0 Å². The van der Waals surface area contributed by atoms with E-state index in [1.54, 1.807) is 11.8 Å². The highest BCUT2D eigenvalue weighted by Gasteiger charge is 2.14. The fraction of sp³-hybridized carbons (Fsp3) is 0.125. The van der Waals surface area contributed by atoms with Gasteiger partial charge in [-0.3, -0.25) is 0 Å². The van der Waals surface area contributed by atoms with Gasteiger partial charge in [0.15, 0.2) is 16.7 Å². The standard InChI is InChI=1S/C16H14N4S/c1-11-5-4-8-15-17-12(9-20(11)15)10-21-16-18-13-6-2-3-7-14(13)19-16/h2-9H,10H2,1H3,(H,18,19)/p+2. The number of fused-ring (bicyclic) bond motifs is 2. The number of pyridine rings is 1. The van der Waals surface area contributed by atoms with Crippen LogP contribution in [0.2, 0.25) is 0 Å². The fourth-order valence-electron chi connectivity index (χ4n) is 2.53. The van der Waals surface area contributed by atoms with Crippen molar-refractivity contribution in [2.45, 2.75) is 17.8 Å². The summed E-state index contributed by atoms with van der Waals surface area (Å²) in [4.78, 5) is 10.3. The highest BCUT2D eigenvalue weighted by atomic mass is 32.2. The van der Waals surface area contributed by atoms with Crippen molar-refractivity contribution in [2.75, 3.05) is 0 Å². The lowest BCUT2D eigenvalue weighted by molar-refractivity contribution is -0.518. The quantitative estimate of drug-likeness (QED) is 0.443. The summed E-state index contributed by atoms with van der Waals surface area (Å²) in [6.45, 7) is 2.11. The average Bonchev–Trinajstić information content (AvgIpc) is 3.09. The van der Waals surface area contributed by atoms with E-state index in [0.29, 0.717) is 0 Å². The first-order valence-electron chi connectivity index (χ1n) is 6.91. The molecule has 5 heteroatoms. The van der Waals surface area contributed by atoms with Crippen molar-refractivity contribution in [1.29, 1.82) is 0 Å². The van der Waals surface area contributed by atoms with Crippen LogP contribution in [0.1, 0.15) is 11.4 Å². The summed E-state index contributed by atoms with van der Waals surface area (Å²) in [7, 11) is 0. The second-order valence-corrected chi connectivity index (χ2v) is 6.10. The van der Waals surface area contributed by atoms with Crippen molar-refractivity contribution in [3.8, 4) is 0 Å². The molecule has 0 atom stereocenters. The number of thioether (sulfide) groups is 1.